The second kappa shape index (κ2) is 8.03. The number of allylic oxidation sites excluding steroid dienone is 1. The fraction of sp³-hybridized carbons (Fsp3) is 0.929. The van der Waals surface area contributed by atoms with Gasteiger partial charge in [0.05, 0.1) is 18.0 Å². The lowest BCUT2D eigenvalue weighted by molar-refractivity contribution is -0.0913. The van der Waals surface area contributed by atoms with Gasteiger partial charge in [0.25, 0.3) is 0 Å². The van der Waals surface area contributed by atoms with Crippen molar-refractivity contribution < 1.29 is 13.2 Å². The first-order chi connectivity index (χ1) is 16.0. The summed E-state index contributed by atoms with van der Waals surface area (Å²) >= 11 is 0. The molecule has 0 aromatic rings. The second-order valence-corrected chi connectivity index (χ2v) is 15.5. The molecule has 4 aliphatic carbocycles. The first-order valence-electron chi connectivity index (χ1n) is 14.1. The highest BCUT2D eigenvalue weighted by Gasteiger charge is 2.61. The molecular formula is C28H46N2O3S. The first kappa shape index (κ1) is 23.9. The molecule has 1 spiro atoms. The van der Waals surface area contributed by atoms with E-state index in [0.717, 1.165) is 44.1 Å². The van der Waals surface area contributed by atoms with Crippen molar-refractivity contribution in [2.24, 2.45) is 40.9 Å². The van der Waals surface area contributed by atoms with E-state index < -0.39 is 10.0 Å². The summed E-state index contributed by atoms with van der Waals surface area (Å²) < 4.78 is 33.7. The molecule has 0 aromatic carbocycles. The molecule has 2 saturated heterocycles. The van der Waals surface area contributed by atoms with Gasteiger partial charge in [-0.25, -0.2) is 13.1 Å². The molecule has 5 fully saturated rings. The van der Waals surface area contributed by atoms with Gasteiger partial charge in [-0.1, -0.05) is 31.9 Å². The molecule has 11 atom stereocenters. The van der Waals surface area contributed by atoms with Crippen molar-refractivity contribution in [1.29, 1.82) is 0 Å². The van der Waals surface area contributed by atoms with Crippen LogP contribution >= 0.6 is 0 Å². The Kier molecular flexibility index (Phi) is 5.66. The predicted octanol–water partition coefficient (Wildman–Crippen LogP) is 4.64. The Morgan fingerprint density at radius 2 is 1.94 bits per heavy atom. The van der Waals surface area contributed by atoms with Crippen LogP contribution in [0.5, 0.6) is 0 Å². The summed E-state index contributed by atoms with van der Waals surface area (Å²) in [5.74, 6) is 4.17. The zero-order valence-electron chi connectivity index (χ0n) is 21.9. The van der Waals surface area contributed by atoms with Crippen molar-refractivity contribution in [2.45, 2.75) is 109 Å². The van der Waals surface area contributed by atoms with Crippen LogP contribution in [0.4, 0.5) is 0 Å². The summed E-state index contributed by atoms with van der Waals surface area (Å²) in [7, 11) is -3.13. The van der Waals surface area contributed by atoms with E-state index in [-0.39, 0.29) is 11.6 Å². The van der Waals surface area contributed by atoms with Gasteiger partial charge in [-0.3, -0.25) is 0 Å². The van der Waals surface area contributed by atoms with Gasteiger partial charge in [0.2, 0.25) is 10.0 Å². The standard InChI is InChI=1S/C28H46N2O3S/c1-16-10-25-26(29-15-16)18(3)28(33-25)13-17(2)22-12-24-21(23(22)14-28)7-6-19-11-20(30-34(5,31)32)8-9-27(19,24)4/h16,18-21,23-26,29-30H,6-15H2,1-5H3/t16?,18?,19?,20?,21?,23?,24?,25?,26?,27-,28+/m0/s1. The quantitative estimate of drug-likeness (QED) is 0.554. The molecular weight excluding hydrogens is 444 g/mol. The van der Waals surface area contributed by atoms with Gasteiger partial charge in [-0.05, 0) is 106 Å². The summed E-state index contributed by atoms with van der Waals surface area (Å²) in [4.78, 5) is 0. The monoisotopic (exact) mass is 490 g/mol. The van der Waals surface area contributed by atoms with Gasteiger partial charge in [0.1, 0.15) is 0 Å². The van der Waals surface area contributed by atoms with Gasteiger partial charge in [0, 0.05) is 18.0 Å². The summed E-state index contributed by atoms with van der Waals surface area (Å²) in [6, 6.07) is 0.650. The van der Waals surface area contributed by atoms with Crippen molar-refractivity contribution in [3.8, 4) is 0 Å². The number of ether oxygens (including phenoxy) is 1. The molecule has 2 N–H and O–H groups in total. The predicted molar refractivity (Wildman–Crippen MR) is 136 cm³/mol. The molecule has 5 nitrogen and oxygen atoms in total. The molecule has 6 aliphatic rings. The molecule has 6 heteroatoms. The third-order valence-corrected chi connectivity index (χ3v) is 12.5. The lowest BCUT2D eigenvalue weighted by Crippen LogP contribution is -2.51. The third kappa shape index (κ3) is 3.68. The maximum Gasteiger partial charge on any atom is 0.208 e. The Morgan fingerprint density at radius 3 is 2.71 bits per heavy atom. The van der Waals surface area contributed by atoms with Crippen LogP contribution in [-0.4, -0.2) is 45.0 Å². The molecule has 6 rings (SSSR count). The summed E-state index contributed by atoms with van der Waals surface area (Å²) in [5, 5.41) is 3.86. The van der Waals surface area contributed by atoms with E-state index in [1.807, 2.05) is 0 Å². The molecule has 3 saturated carbocycles. The van der Waals surface area contributed by atoms with Crippen molar-refractivity contribution in [3.05, 3.63) is 11.1 Å². The van der Waals surface area contributed by atoms with Crippen LogP contribution in [0.3, 0.4) is 0 Å². The number of piperidine rings is 1. The van der Waals surface area contributed by atoms with Crippen LogP contribution in [0.2, 0.25) is 0 Å². The average molecular weight is 491 g/mol. The molecule has 0 radical (unpaired) electrons. The number of fused-ring (bicyclic) bond motifs is 6. The van der Waals surface area contributed by atoms with Crippen molar-refractivity contribution in [3.63, 3.8) is 0 Å². The SMILES string of the molecule is CC1=C2CC3C(CCC4CC(NS(C)(=O)=O)CC[C@@]43C)C2C[C@@]2(C1)OC1CC(C)CNC1C2C. The molecule has 0 aromatic heterocycles. The summed E-state index contributed by atoms with van der Waals surface area (Å²) in [6.45, 7) is 10.9. The number of hydrogen-bond donors (Lipinski definition) is 2. The summed E-state index contributed by atoms with van der Waals surface area (Å²) in [6.07, 6.45) is 12.3. The van der Waals surface area contributed by atoms with Crippen LogP contribution in [0.15, 0.2) is 11.1 Å². The maximum atomic E-state index is 11.9. The Labute approximate surface area is 207 Å². The fourth-order valence-corrected chi connectivity index (χ4v) is 10.8. The first-order valence-corrected chi connectivity index (χ1v) is 16.0. The van der Waals surface area contributed by atoms with Gasteiger partial charge in [-0.15, -0.1) is 0 Å². The zero-order chi connectivity index (χ0) is 24.0. The van der Waals surface area contributed by atoms with E-state index in [4.69, 9.17) is 4.74 Å². The van der Waals surface area contributed by atoms with Crippen LogP contribution in [0, 0.1) is 40.9 Å². The van der Waals surface area contributed by atoms with Gasteiger partial charge in [-0.2, -0.15) is 0 Å². The Hall–Kier alpha value is -0.430. The second-order valence-electron chi connectivity index (χ2n) is 13.7. The normalized spacial score (nSPS) is 52.8. The number of rotatable bonds is 2. The molecule has 2 aliphatic heterocycles. The maximum absolute atomic E-state index is 11.9. The van der Waals surface area contributed by atoms with Crippen molar-refractivity contribution >= 4 is 10.0 Å². The highest BCUT2D eigenvalue weighted by atomic mass is 32.2. The topological polar surface area (TPSA) is 67.4 Å². The smallest absolute Gasteiger partial charge is 0.208 e. The largest absolute Gasteiger partial charge is 0.369 e. The number of sulfonamides is 1. The van der Waals surface area contributed by atoms with E-state index in [1.165, 1.54) is 38.4 Å². The molecule has 2 heterocycles. The Bertz CT molecular complexity index is 978. The van der Waals surface area contributed by atoms with Gasteiger partial charge in [0.15, 0.2) is 0 Å². The minimum Gasteiger partial charge on any atom is -0.369 e. The van der Waals surface area contributed by atoms with Crippen LogP contribution < -0.4 is 10.0 Å². The Morgan fingerprint density at radius 1 is 1.15 bits per heavy atom. The van der Waals surface area contributed by atoms with Gasteiger partial charge < -0.3 is 10.1 Å². The minimum absolute atomic E-state index is 0.0222. The molecule has 9 unspecified atom stereocenters. The fourth-order valence-electron chi connectivity index (χ4n) is 10.0. The molecule has 0 bridgehead atoms. The van der Waals surface area contributed by atoms with Crippen molar-refractivity contribution in [1.82, 2.24) is 10.0 Å². The van der Waals surface area contributed by atoms with E-state index in [0.29, 0.717) is 41.2 Å². The van der Waals surface area contributed by atoms with Crippen LogP contribution in [-0.2, 0) is 14.8 Å². The average Bonchev–Trinajstić information content (AvgIpc) is 3.24. The number of nitrogens with one attached hydrogen (secondary N) is 2. The third-order valence-electron chi connectivity index (χ3n) is 11.7. The lowest BCUT2D eigenvalue weighted by atomic mass is 9.52. The lowest BCUT2D eigenvalue weighted by Gasteiger charge is -2.54. The van der Waals surface area contributed by atoms with E-state index in [2.05, 4.69) is 37.7 Å². The molecule has 0 amide bonds. The van der Waals surface area contributed by atoms with E-state index >= 15 is 0 Å². The highest BCUT2D eigenvalue weighted by molar-refractivity contribution is 7.88. The number of hydrogen-bond acceptors (Lipinski definition) is 4. The Balaban J connectivity index is 1.23. The summed E-state index contributed by atoms with van der Waals surface area (Å²) in [5.41, 5.74) is 3.79. The van der Waals surface area contributed by atoms with Gasteiger partial charge >= 0.3 is 0 Å². The zero-order valence-corrected chi connectivity index (χ0v) is 22.7. The molecule has 34 heavy (non-hydrogen) atoms. The van der Waals surface area contributed by atoms with E-state index in [1.54, 1.807) is 11.1 Å². The van der Waals surface area contributed by atoms with Crippen LogP contribution in [0.25, 0.3) is 0 Å². The highest BCUT2D eigenvalue weighted by Crippen LogP contribution is 2.66. The molecule has 192 valence electrons. The van der Waals surface area contributed by atoms with Crippen LogP contribution in [0.1, 0.15) is 85.5 Å². The van der Waals surface area contributed by atoms with E-state index in [9.17, 15) is 8.42 Å². The minimum atomic E-state index is -3.13. The van der Waals surface area contributed by atoms with Crippen molar-refractivity contribution in [2.75, 3.05) is 12.8 Å².